The van der Waals surface area contributed by atoms with Gasteiger partial charge in [0.25, 0.3) is 0 Å². The van der Waals surface area contributed by atoms with E-state index in [0.29, 0.717) is 19.7 Å². The molecule has 6 heteroatoms. The third kappa shape index (κ3) is 8.41. The summed E-state index contributed by atoms with van der Waals surface area (Å²) in [5.41, 5.74) is 0. The lowest BCUT2D eigenvalue weighted by Crippen LogP contribution is -2.42. The largest absolute Gasteiger partial charge is 0.383 e. The minimum absolute atomic E-state index is 0.0539. The predicted octanol–water partition coefficient (Wildman–Crippen LogP) is -1.02. The molecule has 0 heterocycles. The Morgan fingerprint density at radius 1 is 1.47 bits per heavy atom. The van der Waals surface area contributed by atoms with Crippen molar-refractivity contribution in [3.8, 4) is 0 Å². The Morgan fingerprint density at radius 2 is 2.18 bits per heavy atom. The minimum Gasteiger partial charge on any atom is -0.383 e. The van der Waals surface area contributed by atoms with Crippen LogP contribution in [0.15, 0.2) is 12.7 Å². The number of methoxy groups -OCH3 is 1. The molecule has 0 aromatic carbocycles. The second kappa shape index (κ2) is 9.80. The van der Waals surface area contributed by atoms with Gasteiger partial charge in [0.1, 0.15) is 0 Å². The van der Waals surface area contributed by atoms with Gasteiger partial charge in [-0.15, -0.1) is 6.58 Å². The Balaban J connectivity index is 3.74. The van der Waals surface area contributed by atoms with Gasteiger partial charge >= 0.3 is 0 Å². The number of likely N-dealkylation sites (N-methyl/N-ethyl adjacent to an activating group) is 1. The van der Waals surface area contributed by atoms with E-state index in [1.54, 1.807) is 20.2 Å². The number of nitrogens with one attached hydrogen (secondary N) is 2. The highest BCUT2D eigenvalue weighted by Crippen LogP contribution is 1.84. The smallest absolute Gasteiger partial charge is 0.239 e. The van der Waals surface area contributed by atoms with Gasteiger partial charge in [-0.1, -0.05) is 6.08 Å². The standard InChI is InChI=1S/C11H21N3O3/c1-4-5-12-8-11(16)14(2)9-10(15)13-6-7-17-3/h4,12H,1,5-9H2,2-3H3,(H,13,15). The van der Waals surface area contributed by atoms with Crippen molar-refractivity contribution >= 4 is 11.8 Å². The molecule has 0 rings (SSSR count). The first-order valence-corrected chi connectivity index (χ1v) is 5.43. The summed E-state index contributed by atoms with van der Waals surface area (Å²) in [6.07, 6.45) is 1.67. The summed E-state index contributed by atoms with van der Waals surface area (Å²) in [5.74, 6) is -0.324. The first kappa shape index (κ1) is 15.6. The van der Waals surface area contributed by atoms with Crippen LogP contribution in [0.2, 0.25) is 0 Å². The summed E-state index contributed by atoms with van der Waals surface area (Å²) in [5, 5.41) is 5.52. The van der Waals surface area contributed by atoms with Crippen LogP contribution in [0.5, 0.6) is 0 Å². The molecule has 98 valence electrons. The van der Waals surface area contributed by atoms with Crippen LogP contribution in [0.4, 0.5) is 0 Å². The molecule has 0 unspecified atom stereocenters. The molecule has 0 saturated carbocycles. The van der Waals surface area contributed by atoms with Gasteiger partial charge in [0.05, 0.1) is 19.7 Å². The molecule has 6 nitrogen and oxygen atoms in total. The maximum atomic E-state index is 11.5. The predicted molar refractivity (Wildman–Crippen MR) is 65.6 cm³/mol. The maximum Gasteiger partial charge on any atom is 0.239 e. The van der Waals surface area contributed by atoms with E-state index in [1.807, 2.05) is 0 Å². The maximum absolute atomic E-state index is 11.5. The molecule has 0 spiro atoms. The number of hydrogen-bond acceptors (Lipinski definition) is 4. The van der Waals surface area contributed by atoms with E-state index in [-0.39, 0.29) is 24.9 Å². The summed E-state index contributed by atoms with van der Waals surface area (Å²) >= 11 is 0. The molecule has 2 amide bonds. The zero-order valence-electron chi connectivity index (χ0n) is 10.5. The molecule has 2 N–H and O–H groups in total. The van der Waals surface area contributed by atoms with Gasteiger partial charge in [-0.2, -0.15) is 0 Å². The number of hydrogen-bond donors (Lipinski definition) is 2. The quantitative estimate of drug-likeness (QED) is 0.402. The normalized spacial score (nSPS) is 9.76. The number of ether oxygens (including phenoxy) is 1. The Morgan fingerprint density at radius 3 is 2.76 bits per heavy atom. The van der Waals surface area contributed by atoms with E-state index in [0.717, 1.165) is 0 Å². The van der Waals surface area contributed by atoms with Crippen molar-refractivity contribution in [2.24, 2.45) is 0 Å². The fraction of sp³-hybridized carbons (Fsp3) is 0.636. The Kier molecular flexibility index (Phi) is 8.99. The van der Waals surface area contributed by atoms with E-state index < -0.39 is 0 Å². The molecule has 0 saturated heterocycles. The summed E-state index contributed by atoms with van der Waals surface area (Å²) in [4.78, 5) is 24.2. The molecule has 0 fully saturated rings. The number of rotatable bonds is 9. The van der Waals surface area contributed by atoms with Gasteiger partial charge in [0.2, 0.25) is 11.8 Å². The average Bonchev–Trinajstić information content (AvgIpc) is 2.29. The van der Waals surface area contributed by atoms with Crippen LogP contribution < -0.4 is 10.6 Å². The van der Waals surface area contributed by atoms with E-state index in [1.165, 1.54) is 4.90 Å². The van der Waals surface area contributed by atoms with E-state index >= 15 is 0 Å². The van der Waals surface area contributed by atoms with Gasteiger partial charge in [0, 0.05) is 27.2 Å². The van der Waals surface area contributed by atoms with Crippen LogP contribution in [-0.2, 0) is 14.3 Å². The lowest BCUT2D eigenvalue weighted by molar-refractivity contribution is -0.134. The topological polar surface area (TPSA) is 70.7 Å². The van der Waals surface area contributed by atoms with Crippen LogP contribution in [0.3, 0.4) is 0 Å². The molecule has 0 aliphatic carbocycles. The summed E-state index contributed by atoms with van der Waals surface area (Å²) < 4.78 is 4.80. The SMILES string of the molecule is C=CCNCC(=O)N(C)CC(=O)NCCOC. The zero-order valence-corrected chi connectivity index (χ0v) is 10.5. The number of amides is 2. The highest BCUT2D eigenvalue weighted by atomic mass is 16.5. The van der Waals surface area contributed by atoms with Gasteiger partial charge in [-0.25, -0.2) is 0 Å². The second-order valence-corrected chi connectivity index (χ2v) is 3.51. The summed E-state index contributed by atoms with van der Waals surface area (Å²) in [6.45, 7) is 5.27. The highest BCUT2D eigenvalue weighted by molar-refractivity contribution is 5.85. The van der Waals surface area contributed by atoms with Crippen molar-refractivity contribution in [3.05, 3.63) is 12.7 Å². The zero-order chi connectivity index (χ0) is 13.1. The first-order valence-electron chi connectivity index (χ1n) is 5.43. The highest BCUT2D eigenvalue weighted by Gasteiger charge is 2.11. The number of nitrogens with zero attached hydrogens (tertiary/aromatic N) is 1. The van der Waals surface area contributed by atoms with Crippen molar-refractivity contribution < 1.29 is 14.3 Å². The molecular weight excluding hydrogens is 222 g/mol. The second-order valence-electron chi connectivity index (χ2n) is 3.51. The van der Waals surface area contributed by atoms with Crippen molar-refractivity contribution in [1.82, 2.24) is 15.5 Å². The van der Waals surface area contributed by atoms with Crippen molar-refractivity contribution in [1.29, 1.82) is 0 Å². The molecule has 0 atom stereocenters. The van der Waals surface area contributed by atoms with E-state index in [2.05, 4.69) is 17.2 Å². The number of carbonyl (C=O) groups is 2. The van der Waals surface area contributed by atoms with Crippen LogP contribution in [0.25, 0.3) is 0 Å². The van der Waals surface area contributed by atoms with Crippen molar-refractivity contribution in [2.45, 2.75) is 0 Å². The van der Waals surface area contributed by atoms with Gasteiger partial charge < -0.3 is 20.3 Å². The molecule has 0 aromatic heterocycles. The summed E-state index contributed by atoms with van der Waals surface area (Å²) in [7, 11) is 3.15. The summed E-state index contributed by atoms with van der Waals surface area (Å²) in [6, 6.07) is 0. The van der Waals surface area contributed by atoms with Gasteiger partial charge in [-0.05, 0) is 0 Å². The van der Waals surface area contributed by atoms with E-state index in [9.17, 15) is 9.59 Å². The minimum atomic E-state index is -0.193. The Labute approximate surface area is 102 Å². The van der Waals surface area contributed by atoms with Crippen molar-refractivity contribution in [2.75, 3.05) is 46.9 Å². The molecule has 0 aromatic rings. The average molecular weight is 243 g/mol. The van der Waals surface area contributed by atoms with Crippen molar-refractivity contribution in [3.63, 3.8) is 0 Å². The third-order valence-electron chi connectivity index (χ3n) is 2.00. The Hall–Kier alpha value is -1.40. The van der Waals surface area contributed by atoms with Crippen LogP contribution >= 0.6 is 0 Å². The van der Waals surface area contributed by atoms with E-state index in [4.69, 9.17) is 4.74 Å². The molecule has 0 aliphatic heterocycles. The molecular formula is C11H21N3O3. The molecule has 17 heavy (non-hydrogen) atoms. The fourth-order valence-corrected chi connectivity index (χ4v) is 1.07. The molecule has 0 bridgehead atoms. The third-order valence-corrected chi connectivity index (χ3v) is 2.00. The first-order chi connectivity index (χ1) is 8.11. The fourth-order valence-electron chi connectivity index (χ4n) is 1.07. The molecule has 0 radical (unpaired) electrons. The van der Waals surface area contributed by atoms with Crippen LogP contribution in [0.1, 0.15) is 0 Å². The number of carbonyl (C=O) groups excluding carboxylic acids is 2. The molecule has 0 aliphatic rings. The van der Waals surface area contributed by atoms with Gasteiger partial charge in [0.15, 0.2) is 0 Å². The lowest BCUT2D eigenvalue weighted by Gasteiger charge is -2.16. The Bertz CT molecular complexity index is 256. The van der Waals surface area contributed by atoms with Crippen LogP contribution in [0, 0.1) is 0 Å². The monoisotopic (exact) mass is 243 g/mol. The lowest BCUT2D eigenvalue weighted by atomic mass is 10.4. The van der Waals surface area contributed by atoms with Crippen LogP contribution in [-0.4, -0.2) is 63.7 Å². The van der Waals surface area contributed by atoms with Gasteiger partial charge in [-0.3, -0.25) is 9.59 Å².